The first-order chi connectivity index (χ1) is 28.7. The Balaban J connectivity index is 1.04. The summed E-state index contributed by atoms with van der Waals surface area (Å²) in [4.78, 5) is 2.33. The van der Waals surface area contributed by atoms with Crippen LogP contribution in [0.25, 0.3) is 88.0 Å². The monoisotopic (exact) mass is 739 g/mol. The van der Waals surface area contributed by atoms with Crippen LogP contribution >= 0.6 is 0 Å². The van der Waals surface area contributed by atoms with Gasteiger partial charge in [-0.2, -0.15) is 0 Å². The van der Waals surface area contributed by atoms with E-state index in [9.17, 15) is 0 Å². The van der Waals surface area contributed by atoms with Gasteiger partial charge in [-0.1, -0.05) is 176 Å². The Morgan fingerprint density at radius 1 is 0.293 bits per heavy atom. The minimum absolute atomic E-state index is 0.855. The molecule has 0 bridgehead atoms. The molecule has 0 aliphatic rings. The van der Waals surface area contributed by atoms with Gasteiger partial charge in [0.05, 0.1) is 5.69 Å². The van der Waals surface area contributed by atoms with Crippen LogP contribution < -0.4 is 4.90 Å². The summed E-state index contributed by atoms with van der Waals surface area (Å²) in [5.74, 6) is 0. The van der Waals surface area contributed by atoms with Crippen molar-refractivity contribution in [2.24, 2.45) is 0 Å². The van der Waals surface area contributed by atoms with Crippen LogP contribution in [0.3, 0.4) is 0 Å². The van der Waals surface area contributed by atoms with Crippen LogP contribution in [0.1, 0.15) is 0 Å². The third-order valence-electron chi connectivity index (χ3n) is 11.5. The van der Waals surface area contributed by atoms with Crippen LogP contribution in [0.4, 0.5) is 17.1 Å². The van der Waals surface area contributed by atoms with Crippen LogP contribution in [-0.4, -0.2) is 0 Å². The number of hydrogen-bond acceptors (Lipinski definition) is 2. The Labute approximate surface area is 337 Å². The molecule has 0 amide bonds. The highest BCUT2D eigenvalue weighted by Crippen LogP contribution is 2.44. The maximum Gasteiger partial charge on any atom is 0.159 e. The predicted molar refractivity (Wildman–Crippen MR) is 245 cm³/mol. The Kier molecular flexibility index (Phi) is 8.19. The van der Waals surface area contributed by atoms with Gasteiger partial charge in [-0.25, -0.2) is 0 Å². The third kappa shape index (κ3) is 5.91. The summed E-state index contributed by atoms with van der Waals surface area (Å²) in [7, 11) is 0. The molecule has 0 radical (unpaired) electrons. The van der Waals surface area contributed by atoms with E-state index in [1.54, 1.807) is 0 Å². The van der Waals surface area contributed by atoms with Crippen LogP contribution in [0.2, 0.25) is 0 Å². The van der Waals surface area contributed by atoms with E-state index >= 15 is 0 Å². The Morgan fingerprint density at radius 3 is 1.53 bits per heavy atom. The molecule has 0 fully saturated rings. The van der Waals surface area contributed by atoms with Crippen LogP contribution in [-0.2, 0) is 0 Å². The molecule has 0 saturated carbocycles. The lowest BCUT2D eigenvalue weighted by atomic mass is 9.95. The first kappa shape index (κ1) is 33.6. The van der Waals surface area contributed by atoms with Gasteiger partial charge >= 0.3 is 0 Å². The zero-order valence-electron chi connectivity index (χ0n) is 31.7. The molecule has 58 heavy (non-hydrogen) atoms. The molecule has 0 aliphatic heterocycles. The highest BCUT2D eigenvalue weighted by Gasteiger charge is 2.20. The van der Waals surface area contributed by atoms with Gasteiger partial charge in [0.15, 0.2) is 5.58 Å². The average Bonchev–Trinajstić information content (AvgIpc) is 3.68. The molecule has 1 aromatic heterocycles. The SMILES string of the molecule is c1ccc(-c2ccc3c(c2)oc2c(N(c4ccc(-c5ccc6cccc(-c7ccccc7)c6c5)cc4)c4ccc(-c5cccc6ccccc56)cc4)cccc23)cc1. The minimum Gasteiger partial charge on any atom is -0.454 e. The molecule has 2 nitrogen and oxygen atoms in total. The molecule has 0 saturated heterocycles. The van der Waals surface area contributed by atoms with Crippen LogP contribution in [0.5, 0.6) is 0 Å². The van der Waals surface area contributed by atoms with Gasteiger partial charge in [0.2, 0.25) is 0 Å². The zero-order valence-corrected chi connectivity index (χ0v) is 31.7. The van der Waals surface area contributed by atoms with E-state index in [1.165, 1.54) is 54.9 Å². The van der Waals surface area contributed by atoms with Crippen LogP contribution in [0.15, 0.2) is 229 Å². The molecule has 10 aromatic carbocycles. The molecule has 0 atom stereocenters. The smallest absolute Gasteiger partial charge is 0.159 e. The first-order valence-corrected chi connectivity index (χ1v) is 19.8. The van der Waals surface area contributed by atoms with E-state index in [4.69, 9.17) is 4.42 Å². The fourth-order valence-corrected chi connectivity index (χ4v) is 8.59. The Morgan fingerprint density at radius 2 is 0.793 bits per heavy atom. The van der Waals surface area contributed by atoms with E-state index in [0.717, 1.165) is 50.1 Å². The largest absolute Gasteiger partial charge is 0.454 e. The standard InChI is InChI=1S/C56H37NO/c1-3-12-38(13-4-1)45-30-35-51-52-22-11-23-54(56(52)58-55(51)37-45)57(47-33-28-43(29-34-47)49-20-9-17-41-16-7-8-19-48(41)49)46-31-26-39(27-32-46)44-25-24-42-18-10-21-50(53(42)36-44)40-14-5-2-6-15-40/h1-37H. The quantitative estimate of drug-likeness (QED) is 0.162. The minimum atomic E-state index is 0.855. The average molecular weight is 740 g/mol. The molecule has 0 spiro atoms. The third-order valence-corrected chi connectivity index (χ3v) is 11.5. The molecule has 1 heterocycles. The first-order valence-electron chi connectivity index (χ1n) is 19.8. The highest BCUT2D eigenvalue weighted by atomic mass is 16.3. The fourth-order valence-electron chi connectivity index (χ4n) is 8.59. The van der Waals surface area contributed by atoms with Gasteiger partial charge in [0.1, 0.15) is 5.58 Å². The predicted octanol–water partition coefficient (Wildman–Crippen LogP) is 16.0. The second kappa shape index (κ2) is 14.1. The number of para-hydroxylation sites is 1. The number of nitrogens with zero attached hydrogens (tertiary/aromatic N) is 1. The highest BCUT2D eigenvalue weighted by molar-refractivity contribution is 6.11. The maximum atomic E-state index is 6.85. The van der Waals surface area contributed by atoms with E-state index in [-0.39, 0.29) is 0 Å². The van der Waals surface area contributed by atoms with Gasteiger partial charge < -0.3 is 9.32 Å². The second-order valence-electron chi connectivity index (χ2n) is 14.9. The summed E-state index contributed by atoms with van der Waals surface area (Å²) >= 11 is 0. The Bertz CT molecular complexity index is 3250. The topological polar surface area (TPSA) is 16.4 Å². The summed E-state index contributed by atoms with van der Waals surface area (Å²) in [5.41, 5.74) is 14.3. The molecule has 2 heteroatoms. The summed E-state index contributed by atoms with van der Waals surface area (Å²) < 4.78 is 6.85. The molecular weight excluding hydrogens is 703 g/mol. The number of fused-ring (bicyclic) bond motifs is 5. The molecule has 0 unspecified atom stereocenters. The molecule has 0 aliphatic carbocycles. The normalized spacial score (nSPS) is 11.4. The van der Waals surface area contributed by atoms with Crippen LogP contribution in [0, 0.1) is 0 Å². The number of furan rings is 1. The van der Waals surface area contributed by atoms with Crippen molar-refractivity contribution in [1.82, 2.24) is 0 Å². The molecule has 11 aromatic rings. The van der Waals surface area contributed by atoms with Crippen molar-refractivity contribution < 1.29 is 4.42 Å². The summed E-state index contributed by atoms with van der Waals surface area (Å²) in [6.07, 6.45) is 0. The van der Waals surface area contributed by atoms with Crippen molar-refractivity contribution >= 4 is 60.5 Å². The van der Waals surface area contributed by atoms with Gasteiger partial charge in [0, 0.05) is 22.1 Å². The second-order valence-corrected chi connectivity index (χ2v) is 14.9. The number of rotatable bonds is 7. The lowest BCUT2D eigenvalue weighted by molar-refractivity contribution is 0.669. The van der Waals surface area contributed by atoms with Gasteiger partial charge in [0.25, 0.3) is 0 Å². The van der Waals surface area contributed by atoms with Crippen molar-refractivity contribution in [2.75, 3.05) is 4.90 Å². The van der Waals surface area contributed by atoms with Crippen molar-refractivity contribution in [1.29, 1.82) is 0 Å². The molecule has 11 rings (SSSR count). The fraction of sp³-hybridized carbons (Fsp3) is 0. The molecule has 0 N–H and O–H groups in total. The number of hydrogen-bond donors (Lipinski definition) is 0. The van der Waals surface area contributed by atoms with E-state index in [0.29, 0.717) is 0 Å². The van der Waals surface area contributed by atoms with E-state index < -0.39 is 0 Å². The van der Waals surface area contributed by atoms with Gasteiger partial charge in [-0.05, 0) is 115 Å². The lowest BCUT2D eigenvalue weighted by Gasteiger charge is -2.26. The Hall–Kier alpha value is -7.68. The molecule has 272 valence electrons. The van der Waals surface area contributed by atoms with Crippen molar-refractivity contribution in [3.05, 3.63) is 224 Å². The lowest BCUT2D eigenvalue weighted by Crippen LogP contribution is -2.10. The maximum absolute atomic E-state index is 6.85. The summed E-state index contributed by atoms with van der Waals surface area (Å²) in [6.45, 7) is 0. The molecular formula is C56H37NO. The number of benzene rings is 10. The van der Waals surface area contributed by atoms with E-state index in [2.05, 4.69) is 229 Å². The summed E-state index contributed by atoms with van der Waals surface area (Å²) in [6, 6.07) is 80.5. The van der Waals surface area contributed by atoms with Gasteiger partial charge in [-0.3, -0.25) is 0 Å². The van der Waals surface area contributed by atoms with Gasteiger partial charge in [-0.15, -0.1) is 0 Å². The van der Waals surface area contributed by atoms with Crippen molar-refractivity contribution in [3.8, 4) is 44.5 Å². The van der Waals surface area contributed by atoms with Crippen molar-refractivity contribution in [2.45, 2.75) is 0 Å². The van der Waals surface area contributed by atoms with E-state index in [1.807, 2.05) is 0 Å². The summed E-state index contributed by atoms with van der Waals surface area (Å²) in [5, 5.41) is 7.15. The van der Waals surface area contributed by atoms with Crippen molar-refractivity contribution in [3.63, 3.8) is 0 Å². The number of anilines is 3. The zero-order chi connectivity index (χ0) is 38.4.